The molecule has 1 fully saturated rings. The Morgan fingerprint density at radius 2 is 2.22 bits per heavy atom. The van der Waals surface area contributed by atoms with Gasteiger partial charge < -0.3 is 9.47 Å². The maximum Gasteiger partial charge on any atom is 0.165 e. The molecule has 0 aromatic carbocycles. The Bertz CT molecular complexity index is 99.8. The van der Waals surface area contributed by atoms with Crippen LogP contribution in [0.3, 0.4) is 0 Å². The summed E-state index contributed by atoms with van der Waals surface area (Å²) in [6.45, 7) is 3.81. The first-order valence-electron chi connectivity index (χ1n) is 4.05. The van der Waals surface area contributed by atoms with Crippen molar-refractivity contribution in [2.45, 2.75) is 32.5 Å². The van der Waals surface area contributed by atoms with E-state index in [0.717, 1.165) is 12.8 Å². The summed E-state index contributed by atoms with van der Waals surface area (Å²) in [6.07, 6.45) is 1.70. The molecule has 0 amide bonds. The highest BCUT2D eigenvalue weighted by Gasteiger charge is 2.29. The van der Waals surface area contributed by atoms with E-state index in [-0.39, 0.29) is 5.79 Å². The summed E-state index contributed by atoms with van der Waals surface area (Å²) < 4.78 is 17.6. The van der Waals surface area contributed by atoms with Gasteiger partial charge in [0.25, 0.3) is 0 Å². The van der Waals surface area contributed by atoms with Crippen LogP contribution in [0.5, 0.6) is 0 Å². The van der Waals surface area contributed by atoms with Crippen molar-refractivity contribution in [3.8, 4) is 0 Å². The summed E-state index contributed by atoms with van der Waals surface area (Å²) in [5.41, 5.74) is 0. The number of hydrogen-bond acceptors (Lipinski definition) is 2. The number of ether oxygens (including phenoxy) is 2. The van der Waals surface area contributed by atoms with Crippen LogP contribution in [0.15, 0.2) is 0 Å². The highest BCUT2D eigenvalue weighted by Crippen LogP contribution is 2.23. The zero-order valence-corrected chi connectivity index (χ0v) is 5.85. The summed E-state index contributed by atoms with van der Waals surface area (Å²) in [4.78, 5) is 0. The third-order valence-corrected chi connectivity index (χ3v) is 1.53. The smallest absolute Gasteiger partial charge is 0.165 e. The molecule has 1 aliphatic heterocycles. The van der Waals surface area contributed by atoms with Crippen LogP contribution in [-0.2, 0) is 9.47 Å². The summed E-state index contributed by atoms with van der Waals surface area (Å²) in [6, 6.07) is 0. The monoisotopic (exact) mass is 131 g/mol. The zero-order valence-electron chi connectivity index (χ0n) is 6.85. The lowest BCUT2D eigenvalue weighted by Gasteiger charge is -2.20. The predicted molar refractivity (Wildman–Crippen MR) is 35.2 cm³/mol. The van der Waals surface area contributed by atoms with E-state index < -0.39 is 0 Å². The van der Waals surface area contributed by atoms with Gasteiger partial charge in [-0.2, -0.15) is 0 Å². The van der Waals surface area contributed by atoms with Crippen molar-refractivity contribution in [2.24, 2.45) is 0 Å². The van der Waals surface area contributed by atoms with E-state index in [2.05, 4.69) is 0 Å². The highest BCUT2D eigenvalue weighted by atomic mass is 16.7. The van der Waals surface area contributed by atoms with E-state index in [1.807, 2.05) is 6.92 Å². The molecule has 54 valence electrons. The SMILES string of the molecule is [2H]CCCC1(C)OCCO1. The maximum absolute atomic E-state index is 6.94. The van der Waals surface area contributed by atoms with Gasteiger partial charge in [0.1, 0.15) is 0 Å². The predicted octanol–water partition coefficient (Wildman–Crippen LogP) is 1.55. The summed E-state index contributed by atoms with van der Waals surface area (Å²) in [5, 5.41) is 0. The molecule has 2 heteroatoms. The molecule has 9 heavy (non-hydrogen) atoms. The van der Waals surface area contributed by atoms with Gasteiger partial charge in [0, 0.05) is 7.79 Å². The quantitative estimate of drug-likeness (QED) is 0.566. The Hall–Kier alpha value is -0.0800. The third kappa shape index (κ3) is 1.66. The van der Waals surface area contributed by atoms with E-state index in [1.54, 1.807) is 0 Å². The lowest BCUT2D eigenvalue weighted by atomic mass is 10.2. The van der Waals surface area contributed by atoms with E-state index in [1.165, 1.54) is 0 Å². The van der Waals surface area contributed by atoms with Crippen LogP contribution in [0.25, 0.3) is 0 Å². The molecule has 0 aliphatic carbocycles. The maximum atomic E-state index is 6.94. The second-order valence-corrected chi connectivity index (χ2v) is 2.43. The topological polar surface area (TPSA) is 18.5 Å². The van der Waals surface area contributed by atoms with Crippen molar-refractivity contribution in [3.63, 3.8) is 0 Å². The van der Waals surface area contributed by atoms with Crippen molar-refractivity contribution >= 4 is 0 Å². The van der Waals surface area contributed by atoms with Crippen LogP contribution < -0.4 is 0 Å². The van der Waals surface area contributed by atoms with E-state index >= 15 is 0 Å². The standard InChI is InChI=1S/C7H14O2/c1-3-4-7(2)8-5-6-9-7/h3-6H2,1-2H3/i1D. The molecular weight excluding hydrogens is 116 g/mol. The fourth-order valence-corrected chi connectivity index (χ4v) is 1.02. The molecule has 1 heterocycles. The molecule has 0 unspecified atom stereocenters. The van der Waals surface area contributed by atoms with Gasteiger partial charge in [0.15, 0.2) is 5.79 Å². The molecule has 0 aromatic rings. The largest absolute Gasteiger partial charge is 0.348 e. The molecule has 0 radical (unpaired) electrons. The Labute approximate surface area is 57.6 Å². The lowest BCUT2D eigenvalue weighted by Crippen LogP contribution is -2.24. The van der Waals surface area contributed by atoms with Crippen LogP contribution in [-0.4, -0.2) is 19.0 Å². The highest BCUT2D eigenvalue weighted by molar-refractivity contribution is 4.66. The summed E-state index contributed by atoms with van der Waals surface area (Å²) >= 11 is 0. The second kappa shape index (κ2) is 2.67. The van der Waals surface area contributed by atoms with Crippen LogP contribution in [0.4, 0.5) is 0 Å². The first kappa shape index (κ1) is 5.69. The van der Waals surface area contributed by atoms with Crippen LogP contribution in [0.1, 0.15) is 28.0 Å². The molecule has 0 saturated carbocycles. The number of rotatable bonds is 2. The zero-order chi connectivity index (χ0) is 7.45. The van der Waals surface area contributed by atoms with Gasteiger partial charge in [-0.3, -0.25) is 0 Å². The van der Waals surface area contributed by atoms with Crippen molar-refractivity contribution in [2.75, 3.05) is 13.2 Å². The molecule has 0 aromatic heterocycles. The van der Waals surface area contributed by atoms with Gasteiger partial charge in [-0.25, -0.2) is 0 Å². The van der Waals surface area contributed by atoms with Gasteiger partial charge in [-0.15, -0.1) is 0 Å². The van der Waals surface area contributed by atoms with E-state index in [9.17, 15) is 0 Å². The Kier molecular flexibility index (Phi) is 1.69. The summed E-state index contributed by atoms with van der Waals surface area (Å²) in [5.74, 6) is -0.374. The first-order valence-corrected chi connectivity index (χ1v) is 3.34. The van der Waals surface area contributed by atoms with Crippen LogP contribution in [0.2, 0.25) is 0 Å². The third-order valence-electron chi connectivity index (χ3n) is 1.53. The molecule has 0 spiro atoms. The minimum atomic E-state index is -0.374. The van der Waals surface area contributed by atoms with E-state index in [0.29, 0.717) is 20.1 Å². The minimum absolute atomic E-state index is 0.374. The van der Waals surface area contributed by atoms with Crippen molar-refractivity contribution in [1.29, 1.82) is 0 Å². The molecule has 2 nitrogen and oxygen atoms in total. The average Bonchev–Trinajstić information content (AvgIpc) is 2.33. The van der Waals surface area contributed by atoms with Crippen molar-refractivity contribution in [3.05, 3.63) is 0 Å². The van der Waals surface area contributed by atoms with Gasteiger partial charge >= 0.3 is 0 Å². The van der Waals surface area contributed by atoms with Crippen LogP contribution >= 0.6 is 0 Å². The molecular formula is C7H14O2. The minimum Gasteiger partial charge on any atom is -0.348 e. The molecule has 1 aliphatic rings. The van der Waals surface area contributed by atoms with Crippen LogP contribution in [0, 0.1) is 0 Å². The second-order valence-electron chi connectivity index (χ2n) is 2.43. The molecule has 0 atom stereocenters. The molecule has 0 bridgehead atoms. The molecule has 1 saturated heterocycles. The molecule has 1 rings (SSSR count). The Balaban J connectivity index is 2.22. The summed E-state index contributed by atoms with van der Waals surface area (Å²) in [7, 11) is 0. The van der Waals surface area contributed by atoms with Gasteiger partial charge in [0.2, 0.25) is 0 Å². The first-order chi connectivity index (χ1) is 4.77. The molecule has 0 N–H and O–H groups in total. The Morgan fingerprint density at radius 3 is 2.78 bits per heavy atom. The number of hydrogen-bond donors (Lipinski definition) is 0. The van der Waals surface area contributed by atoms with Gasteiger partial charge in [-0.1, -0.05) is 13.3 Å². The lowest BCUT2D eigenvalue weighted by molar-refractivity contribution is -0.146. The Morgan fingerprint density at radius 1 is 1.56 bits per heavy atom. The van der Waals surface area contributed by atoms with Gasteiger partial charge in [-0.05, 0) is 6.92 Å². The average molecular weight is 131 g/mol. The fraction of sp³-hybridized carbons (Fsp3) is 1.00. The normalized spacial score (nSPS) is 26.1. The van der Waals surface area contributed by atoms with Crippen molar-refractivity contribution in [1.82, 2.24) is 0 Å². The van der Waals surface area contributed by atoms with Crippen molar-refractivity contribution < 1.29 is 10.8 Å². The van der Waals surface area contributed by atoms with E-state index in [4.69, 9.17) is 10.8 Å². The van der Waals surface area contributed by atoms with Gasteiger partial charge in [0.05, 0.1) is 13.2 Å². The fourth-order valence-electron chi connectivity index (χ4n) is 1.02.